The molecule has 4 N–H and O–H groups in total. The van der Waals surface area contributed by atoms with E-state index in [9.17, 15) is 0 Å². The number of hydrogen-bond acceptors (Lipinski definition) is 2. The molecule has 2 atom stereocenters. The first kappa shape index (κ1) is 9.61. The van der Waals surface area contributed by atoms with Crippen molar-refractivity contribution in [3.8, 4) is 0 Å². The van der Waals surface area contributed by atoms with Crippen LogP contribution in [0.25, 0.3) is 0 Å². The Labute approximate surface area is 70.6 Å². The molecular formula is C6H14N2Pt+2. The van der Waals surface area contributed by atoms with Crippen LogP contribution in [0, 0.1) is 0 Å². The van der Waals surface area contributed by atoms with Gasteiger partial charge in [-0.05, 0) is 12.8 Å². The fourth-order valence-electron chi connectivity index (χ4n) is 1.19. The number of hydrogen-bond donors (Lipinski definition) is 2. The van der Waals surface area contributed by atoms with E-state index in [1.165, 1.54) is 12.8 Å². The van der Waals surface area contributed by atoms with Gasteiger partial charge < -0.3 is 11.5 Å². The van der Waals surface area contributed by atoms with Gasteiger partial charge in [0, 0.05) is 12.1 Å². The van der Waals surface area contributed by atoms with Crippen LogP contribution in [0.5, 0.6) is 0 Å². The molecule has 0 amide bonds. The zero-order valence-corrected chi connectivity index (χ0v) is 7.73. The summed E-state index contributed by atoms with van der Waals surface area (Å²) in [6.45, 7) is 0. The van der Waals surface area contributed by atoms with E-state index in [4.69, 9.17) is 11.5 Å². The predicted octanol–water partition coefficient (Wildman–Crippen LogP) is 0.213. The molecule has 1 fully saturated rings. The summed E-state index contributed by atoms with van der Waals surface area (Å²) >= 11 is 0. The van der Waals surface area contributed by atoms with Crippen molar-refractivity contribution in [3.63, 3.8) is 0 Å². The molecule has 0 radical (unpaired) electrons. The molecule has 1 saturated carbocycles. The van der Waals surface area contributed by atoms with Gasteiger partial charge in [-0.25, -0.2) is 0 Å². The fourth-order valence-corrected chi connectivity index (χ4v) is 1.19. The Hall–Kier alpha value is 0.608. The molecule has 0 aromatic carbocycles. The van der Waals surface area contributed by atoms with Gasteiger partial charge in [0.1, 0.15) is 0 Å². The van der Waals surface area contributed by atoms with Gasteiger partial charge in [0.15, 0.2) is 0 Å². The van der Waals surface area contributed by atoms with Crippen molar-refractivity contribution in [3.05, 3.63) is 0 Å². The van der Waals surface area contributed by atoms with E-state index in [1.807, 2.05) is 0 Å². The Morgan fingerprint density at radius 1 is 0.889 bits per heavy atom. The van der Waals surface area contributed by atoms with E-state index >= 15 is 0 Å². The van der Waals surface area contributed by atoms with Gasteiger partial charge in [-0.2, -0.15) is 0 Å². The zero-order valence-electron chi connectivity index (χ0n) is 5.45. The Kier molecular flexibility index (Phi) is 4.73. The van der Waals surface area contributed by atoms with Crippen LogP contribution >= 0.6 is 0 Å². The maximum Gasteiger partial charge on any atom is 2.00 e. The zero-order chi connectivity index (χ0) is 5.98. The number of rotatable bonds is 0. The Morgan fingerprint density at radius 2 is 1.22 bits per heavy atom. The van der Waals surface area contributed by atoms with Crippen LogP contribution < -0.4 is 11.5 Å². The first-order valence-electron chi connectivity index (χ1n) is 3.32. The van der Waals surface area contributed by atoms with Crippen molar-refractivity contribution in [1.29, 1.82) is 0 Å². The molecule has 9 heavy (non-hydrogen) atoms. The Bertz CT molecular complexity index is 67.5. The van der Waals surface area contributed by atoms with Crippen molar-refractivity contribution < 1.29 is 21.1 Å². The summed E-state index contributed by atoms with van der Waals surface area (Å²) in [5.41, 5.74) is 11.3. The van der Waals surface area contributed by atoms with Gasteiger partial charge >= 0.3 is 21.1 Å². The first-order valence-corrected chi connectivity index (χ1v) is 3.32. The summed E-state index contributed by atoms with van der Waals surface area (Å²) in [5.74, 6) is 0. The quantitative estimate of drug-likeness (QED) is 0.672. The summed E-state index contributed by atoms with van der Waals surface area (Å²) in [7, 11) is 0. The average molecular weight is 309 g/mol. The number of nitrogens with two attached hydrogens (primary N) is 2. The maximum absolute atomic E-state index is 5.65. The van der Waals surface area contributed by atoms with Crippen LogP contribution in [-0.2, 0) is 21.1 Å². The van der Waals surface area contributed by atoms with Gasteiger partial charge in [0.2, 0.25) is 0 Å². The molecule has 0 unspecified atom stereocenters. The van der Waals surface area contributed by atoms with Crippen LogP contribution in [0.15, 0.2) is 0 Å². The first-order chi connectivity index (χ1) is 3.80. The molecule has 0 aromatic rings. The molecule has 1 rings (SSSR count). The topological polar surface area (TPSA) is 52.0 Å². The van der Waals surface area contributed by atoms with Crippen LogP contribution in [-0.4, -0.2) is 12.1 Å². The smallest absolute Gasteiger partial charge is 0.326 e. The second-order valence-electron chi connectivity index (χ2n) is 2.61. The van der Waals surface area contributed by atoms with Crippen molar-refractivity contribution >= 4 is 0 Å². The maximum atomic E-state index is 5.65. The third-order valence-electron chi connectivity index (χ3n) is 1.87. The van der Waals surface area contributed by atoms with Crippen LogP contribution in [0.3, 0.4) is 0 Å². The van der Waals surface area contributed by atoms with Crippen LogP contribution in [0.4, 0.5) is 0 Å². The van der Waals surface area contributed by atoms with Crippen LogP contribution in [0.2, 0.25) is 0 Å². The average Bonchev–Trinajstić information content (AvgIpc) is 1.77. The minimum Gasteiger partial charge on any atom is -0.326 e. The minimum atomic E-state index is 0. The largest absolute Gasteiger partial charge is 2.00 e. The third kappa shape index (κ3) is 2.79. The summed E-state index contributed by atoms with van der Waals surface area (Å²) in [6, 6.07) is 0.562. The van der Waals surface area contributed by atoms with E-state index in [2.05, 4.69) is 0 Å². The molecule has 0 bridgehead atoms. The summed E-state index contributed by atoms with van der Waals surface area (Å²) < 4.78 is 0. The van der Waals surface area contributed by atoms with E-state index in [-0.39, 0.29) is 33.1 Å². The molecule has 0 spiro atoms. The van der Waals surface area contributed by atoms with Crippen LogP contribution in [0.1, 0.15) is 25.7 Å². The summed E-state index contributed by atoms with van der Waals surface area (Å²) in [6.07, 6.45) is 4.80. The van der Waals surface area contributed by atoms with Gasteiger partial charge in [-0.15, -0.1) is 0 Å². The molecule has 1 aliphatic carbocycles. The standard InChI is InChI=1S/C6H14N2.Pt/c7-5-3-1-2-4-6(5)8;/h5-6H,1-4,7-8H2;/q;+2/t5-,6-;/m1./s1. The molecule has 3 heteroatoms. The molecule has 0 aromatic heterocycles. The van der Waals surface area contributed by atoms with Gasteiger partial charge in [0.05, 0.1) is 0 Å². The summed E-state index contributed by atoms with van der Waals surface area (Å²) in [4.78, 5) is 0. The third-order valence-corrected chi connectivity index (χ3v) is 1.87. The van der Waals surface area contributed by atoms with Crippen molar-refractivity contribution in [2.24, 2.45) is 11.5 Å². The van der Waals surface area contributed by atoms with Crippen molar-refractivity contribution in [2.45, 2.75) is 37.8 Å². The SMILES string of the molecule is N[C@@H]1CCCC[C@H]1N.[Pt+2]. The van der Waals surface area contributed by atoms with E-state index in [1.54, 1.807) is 0 Å². The van der Waals surface area contributed by atoms with Gasteiger partial charge in [-0.3, -0.25) is 0 Å². The molecule has 56 valence electrons. The fraction of sp³-hybridized carbons (Fsp3) is 1.00. The van der Waals surface area contributed by atoms with Crippen molar-refractivity contribution in [1.82, 2.24) is 0 Å². The van der Waals surface area contributed by atoms with E-state index in [0.717, 1.165) is 12.8 Å². The normalized spacial score (nSPS) is 35.3. The minimum absolute atomic E-state index is 0. The van der Waals surface area contributed by atoms with E-state index < -0.39 is 0 Å². The van der Waals surface area contributed by atoms with Gasteiger partial charge in [-0.1, -0.05) is 12.8 Å². The molecule has 0 heterocycles. The monoisotopic (exact) mass is 309 g/mol. The van der Waals surface area contributed by atoms with Gasteiger partial charge in [0.25, 0.3) is 0 Å². The second-order valence-corrected chi connectivity index (χ2v) is 2.61. The second kappa shape index (κ2) is 4.43. The molecule has 1 aliphatic rings. The Morgan fingerprint density at radius 3 is 1.44 bits per heavy atom. The summed E-state index contributed by atoms with van der Waals surface area (Å²) in [5, 5.41) is 0. The van der Waals surface area contributed by atoms with Crippen molar-refractivity contribution in [2.75, 3.05) is 0 Å². The molecule has 0 aliphatic heterocycles. The molecule has 2 nitrogen and oxygen atoms in total. The predicted molar refractivity (Wildman–Crippen MR) is 34.4 cm³/mol. The molecular weight excluding hydrogens is 295 g/mol. The molecule has 0 saturated heterocycles. The Balaban J connectivity index is 0.000000640. The van der Waals surface area contributed by atoms with E-state index in [0.29, 0.717) is 0 Å².